The lowest BCUT2D eigenvalue weighted by Crippen LogP contribution is -2.04. The van der Waals surface area contributed by atoms with E-state index in [0.717, 1.165) is 23.3 Å². The maximum atomic E-state index is 12.7. The van der Waals surface area contributed by atoms with E-state index in [1.54, 1.807) is 12.1 Å². The van der Waals surface area contributed by atoms with Gasteiger partial charge in [-0.25, -0.2) is 4.98 Å². The standard InChI is InChI=1S/C15H10ClF3N2/c1-8-10(3-2-4-11(8)16)14-20-12-6-5-9(15(17,18)19)7-13(12)21-14/h2-7H,1H3,(H,20,21). The Bertz CT molecular complexity index is 821. The lowest BCUT2D eigenvalue weighted by Gasteiger charge is -2.05. The third-order valence-electron chi connectivity index (χ3n) is 3.33. The van der Waals surface area contributed by atoms with Crippen molar-refractivity contribution in [2.75, 3.05) is 0 Å². The highest BCUT2D eigenvalue weighted by molar-refractivity contribution is 6.31. The monoisotopic (exact) mass is 310 g/mol. The first-order chi connectivity index (χ1) is 9.86. The zero-order valence-corrected chi connectivity index (χ0v) is 11.7. The summed E-state index contributed by atoms with van der Waals surface area (Å²) in [4.78, 5) is 7.25. The molecule has 0 aliphatic carbocycles. The summed E-state index contributed by atoms with van der Waals surface area (Å²) in [6.07, 6.45) is -4.37. The molecule has 6 heteroatoms. The van der Waals surface area contributed by atoms with Crippen molar-refractivity contribution >= 4 is 22.6 Å². The van der Waals surface area contributed by atoms with E-state index in [0.29, 0.717) is 21.9 Å². The first kappa shape index (κ1) is 13.9. The largest absolute Gasteiger partial charge is 0.416 e. The van der Waals surface area contributed by atoms with Gasteiger partial charge in [0.2, 0.25) is 0 Å². The van der Waals surface area contributed by atoms with E-state index in [4.69, 9.17) is 11.6 Å². The molecule has 1 aromatic heterocycles. The van der Waals surface area contributed by atoms with E-state index in [-0.39, 0.29) is 0 Å². The van der Waals surface area contributed by atoms with Gasteiger partial charge in [0.1, 0.15) is 5.82 Å². The van der Waals surface area contributed by atoms with Crippen LogP contribution in [0.3, 0.4) is 0 Å². The molecule has 0 aliphatic heterocycles. The van der Waals surface area contributed by atoms with Crippen molar-refractivity contribution in [3.8, 4) is 11.4 Å². The third kappa shape index (κ3) is 2.49. The van der Waals surface area contributed by atoms with Crippen LogP contribution in [0.2, 0.25) is 5.02 Å². The minimum atomic E-state index is -4.37. The van der Waals surface area contributed by atoms with Crippen molar-refractivity contribution in [1.29, 1.82) is 0 Å². The Morgan fingerprint density at radius 2 is 1.90 bits per heavy atom. The number of alkyl halides is 3. The summed E-state index contributed by atoms with van der Waals surface area (Å²) in [5.41, 5.74) is 1.73. The highest BCUT2D eigenvalue weighted by atomic mass is 35.5. The summed E-state index contributed by atoms with van der Waals surface area (Å²) in [5.74, 6) is 0.504. The topological polar surface area (TPSA) is 28.7 Å². The fourth-order valence-electron chi connectivity index (χ4n) is 2.18. The van der Waals surface area contributed by atoms with Crippen LogP contribution < -0.4 is 0 Å². The van der Waals surface area contributed by atoms with Gasteiger partial charge in [-0.2, -0.15) is 13.2 Å². The number of nitrogens with one attached hydrogen (secondary N) is 1. The minimum absolute atomic E-state index is 0.346. The molecule has 0 radical (unpaired) electrons. The fourth-order valence-corrected chi connectivity index (χ4v) is 2.35. The lowest BCUT2D eigenvalue weighted by molar-refractivity contribution is -0.137. The van der Waals surface area contributed by atoms with Crippen LogP contribution in [0, 0.1) is 6.92 Å². The molecule has 108 valence electrons. The number of H-pyrrole nitrogens is 1. The zero-order chi connectivity index (χ0) is 15.2. The van der Waals surface area contributed by atoms with Gasteiger partial charge < -0.3 is 4.98 Å². The molecule has 0 spiro atoms. The highest BCUT2D eigenvalue weighted by Gasteiger charge is 2.30. The van der Waals surface area contributed by atoms with Crippen molar-refractivity contribution < 1.29 is 13.2 Å². The van der Waals surface area contributed by atoms with Crippen LogP contribution in [-0.4, -0.2) is 9.97 Å². The van der Waals surface area contributed by atoms with Gasteiger partial charge in [-0.15, -0.1) is 0 Å². The van der Waals surface area contributed by atoms with Crippen LogP contribution in [0.5, 0.6) is 0 Å². The van der Waals surface area contributed by atoms with Crippen LogP contribution >= 0.6 is 11.6 Å². The molecule has 3 aromatic rings. The normalized spacial score (nSPS) is 12.0. The van der Waals surface area contributed by atoms with Gasteiger partial charge in [0.05, 0.1) is 16.6 Å². The Balaban J connectivity index is 2.15. The first-order valence-corrected chi connectivity index (χ1v) is 6.56. The van der Waals surface area contributed by atoms with Crippen LogP contribution in [-0.2, 0) is 6.18 Å². The smallest absolute Gasteiger partial charge is 0.338 e. The van der Waals surface area contributed by atoms with E-state index in [2.05, 4.69) is 9.97 Å². The molecule has 0 unspecified atom stereocenters. The summed E-state index contributed by atoms with van der Waals surface area (Å²) in [7, 11) is 0. The Morgan fingerprint density at radius 1 is 1.14 bits per heavy atom. The van der Waals surface area contributed by atoms with Crippen LogP contribution in [0.4, 0.5) is 13.2 Å². The zero-order valence-electron chi connectivity index (χ0n) is 10.9. The minimum Gasteiger partial charge on any atom is -0.338 e. The molecule has 0 amide bonds. The number of halogens is 4. The van der Waals surface area contributed by atoms with E-state index in [9.17, 15) is 13.2 Å². The molecule has 0 fully saturated rings. The Labute approximate surface area is 123 Å². The van der Waals surface area contributed by atoms with Crippen LogP contribution in [0.15, 0.2) is 36.4 Å². The van der Waals surface area contributed by atoms with Crippen molar-refractivity contribution in [2.45, 2.75) is 13.1 Å². The fraction of sp³-hybridized carbons (Fsp3) is 0.133. The number of aromatic nitrogens is 2. The Hall–Kier alpha value is -2.01. The van der Waals surface area contributed by atoms with E-state index in [1.807, 2.05) is 13.0 Å². The maximum Gasteiger partial charge on any atom is 0.416 e. The number of rotatable bonds is 1. The van der Waals surface area contributed by atoms with Crippen LogP contribution in [0.25, 0.3) is 22.4 Å². The molecule has 21 heavy (non-hydrogen) atoms. The average Bonchev–Trinajstić information content (AvgIpc) is 2.83. The van der Waals surface area contributed by atoms with Gasteiger partial charge in [0.15, 0.2) is 0 Å². The number of aromatic amines is 1. The quantitative estimate of drug-likeness (QED) is 0.656. The van der Waals surface area contributed by atoms with Crippen molar-refractivity contribution in [2.24, 2.45) is 0 Å². The van der Waals surface area contributed by atoms with Gasteiger partial charge in [-0.3, -0.25) is 0 Å². The second-order valence-electron chi connectivity index (χ2n) is 4.73. The molecule has 2 nitrogen and oxygen atoms in total. The van der Waals surface area contributed by atoms with Gasteiger partial charge in [-0.1, -0.05) is 23.7 Å². The number of hydrogen-bond acceptors (Lipinski definition) is 1. The van der Waals surface area contributed by atoms with E-state index in [1.165, 1.54) is 6.07 Å². The SMILES string of the molecule is Cc1c(Cl)cccc1-c1nc2ccc(C(F)(F)F)cc2[nH]1. The van der Waals surface area contributed by atoms with Gasteiger partial charge in [0.25, 0.3) is 0 Å². The van der Waals surface area contributed by atoms with Gasteiger partial charge >= 0.3 is 6.18 Å². The number of nitrogens with zero attached hydrogens (tertiary/aromatic N) is 1. The number of benzene rings is 2. The Kier molecular flexibility index (Phi) is 3.17. The molecule has 0 aliphatic rings. The predicted octanol–water partition coefficient (Wildman–Crippen LogP) is 5.21. The molecule has 0 saturated carbocycles. The summed E-state index contributed by atoms with van der Waals surface area (Å²) in [6, 6.07) is 8.80. The van der Waals surface area contributed by atoms with Crippen molar-refractivity contribution in [3.05, 3.63) is 52.5 Å². The predicted molar refractivity (Wildman–Crippen MR) is 76.3 cm³/mol. The molecular formula is C15H10ClF3N2. The van der Waals surface area contributed by atoms with E-state index >= 15 is 0 Å². The van der Waals surface area contributed by atoms with Gasteiger partial charge in [-0.05, 0) is 36.8 Å². The van der Waals surface area contributed by atoms with Crippen molar-refractivity contribution in [1.82, 2.24) is 9.97 Å². The van der Waals surface area contributed by atoms with E-state index < -0.39 is 11.7 Å². The second kappa shape index (κ2) is 4.77. The number of hydrogen-bond donors (Lipinski definition) is 1. The number of imidazole rings is 1. The Morgan fingerprint density at radius 3 is 2.62 bits per heavy atom. The second-order valence-corrected chi connectivity index (χ2v) is 5.13. The molecule has 3 rings (SSSR count). The first-order valence-electron chi connectivity index (χ1n) is 6.19. The summed E-state index contributed by atoms with van der Waals surface area (Å²) in [5, 5.41) is 0.587. The lowest BCUT2D eigenvalue weighted by atomic mass is 10.1. The molecule has 0 saturated heterocycles. The van der Waals surface area contributed by atoms with Gasteiger partial charge in [0, 0.05) is 10.6 Å². The maximum absolute atomic E-state index is 12.7. The number of fused-ring (bicyclic) bond motifs is 1. The highest BCUT2D eigenvalue weighted by Crippen LogP contribution is 2.32. The summed E-state index contributed by atoms with van der Waals surface area (Å²) >= 11 is 6.06. The summed E-state index contributed by atoms with van der Waals surface area (Å²) in [6.45, 7) is 1.84. The third-order valence-corrected chi connectivity index (χ3v) is 3.74. The van der Waals surface area contributed by atoms with Crippen molar-refractivity contribution in [3.63, 3.8) is 0 Å². The van der Waals surface area contributed by atoms with Crippen LogP contribution in [0.1, 0.15) is 11.1 Å². The molecule has 1 N–H and O–H groups in total. The summed E-state index contributed by atoms with van der Waals surface area (Å²) < 4.78 is 38.1. The average molecular weight is 311 g/mol. The molecule has 1 heterocycles. The molecule has 0 atom stereocenters. The molecule has 0 bridgehead atoms. The molecular weight excluding hydrogens is 301 g/mol. The molecule has 2 aromatic carbocycles.